The summed E-state index contributed by atoms with van der Waals surface area (Å²) in [6, 6.07) is 0.854. The van der Waals surface area contributed by atoms with E-state index in [0.29, 0.717) is 6.10 Å². The Balaban J connectivity index is 1.88. The topological polar surface area (TPSA) is 12.5 Å². The first kappa shape index (κ1) is 8.27. The maximum absolute atomic E-state index is 5.31. The lowest BCUT2D eigenvalue weighted by molar-refractivity contribution is 0.0526. The Morgan fingerprint density at radius 3 is 2.83 bits per heavy atom. The molecule has 1 saturated carbocycles. The Bertz CT molecular complexity index is 175. The molecule has 0 N–H and O–H groups in total. The van der Waals surface area contributed by atoms with Crippen LogP contribution in [0.1, 0.15) is 19.3 Å². The molecule has 0 aromatic heterocycles. The van der Waals surface area contributed by atoms with Crippen LogP contribution in [0.3, 0.4) is 0 Å². The molecule has 0 amide bonds. The highest BCUT2D eigenvalue weighted by Crippen LogP contribution is 2.26. The van der Waals surface area contributed by atoms with Gasteiger partial charge in [0.15, 0.2) is 0 Å². The van der Waals surface area contributed by atoms with Crippen molar-refractivity contribution in [3.05, 3.63) is 12.2 Å². The van der Waals surface area contributed by atoms with Gasteiger partial charge in [-0.25, -0.2) is 0 Å². The molecular formula is C10H17NO. The van der Waals surface area contributed by atoms with Crippen molar-refractivity contribution in [2.24, 2.45) is 0 Å². The van der Waals surface area contributed by atoms with Gasteiger partial charge in [0.05, 0.1) is 6.10 Å². The second-order valence-corrected chi connectivity index (χ2v) is 3.74. The molecule has 2 heteroatoms. The fourth-order valence-electron chi connectivity index (χ4n) is 1.92. The maximum atomic E-state index is 5.31. The minimum atomic E-state index is 0.333. The van der Waals surface area contributed by atoms with Crippen molar-refractivity contribution < 1.29 is 4.74 Å². The van der Waals surface area contributed by atoms with Gasteiger partial charge >= 0.3 is 0 Å². The van der Waals surface area contributed by atoms with E-state index in [9.17, 15) is 0 Å². The Hall–Kier alpha value is -0.340. The molecule has 1 aliphatic heterocycles. The summed E-state index contributed by atoms with van der Waals surface area (Å²) in [5.74, 6) is 0. The lowest BCUT2D eigenvalue weighted by atomic mass is 9.90. The van der Waals surface area contributed by atoms with Crippen LogP contribution in [0, 0.1) is 0 Å². The Labute approximate surface area is 74.2 Å². The van der Waals surface area contributed by atoms with Gasteiger partial charge in [-0.05, 0) is 12.8 Å². The van der Waals surface area contributed by atoms with Crippen molar-refractivity contribution >= 4 is 0 Å². The van der Waals surface area contributed by atoms with Crippen molar-refractivity contribution in [3.8, 4) is 0 Å². The van der Waals surface area contributed by atoms with Crippen molar-refractivity contribution in [2.75, 3.05) is 20.2 Å². The third kappa shape index (κ3) is 1.54. The van der Waals surface area contributed by atoms with Crippen LogP contribution in [0.2, 0.25) is 0 Å². The van der Waals surface area contributed by atoms with Crippen LogP contribution < -0.4 is 0 Å². The molecule has 2 aliphatic rings. The third-order valence-electron chi connectivity index (χ3n) is 3.00. The quantitative estimate of drug-likeness (QED) is 0.577. The standard InChI is InChI=1S/C10H17NO/c1-12-10-6-3-7-11(8-10)9-4-2-5-9/h3,6,9-10H,2,4-5,7-8H2,1H3. The van der Waals surface area contributed by atoms with Crippen LogP contribution in [-0.4, -0.2) is 37.2 Å². The highest BCUT2D eigenvalue weighted by Gasteiger charge is 2.27. The average Bonchev–Trinajstić information content (AvgIpc) is 2.02. The summed E-state index contributed by atoms with van der Waals surface area (Å²) in [4.78, 5) is 2.54. The SMILES string of the molecule is COC1C=CCN(C2CCC2)C1. The normalized spacial score (nSPS) is 31.9. The number of rotatable bonds is 2. The van der Waals surface area contributed by atoms with Gasteiger partial charge in [-0.3, -0.25) is 4.90 Å². The second kappa shape index (κ2) is 3.58. The predicted molar refractivity (Wildman–Crippen MR) is 49.1 cm³/mol. The molecule has 0 bridgehead atoms. The highest BCUT2D eigenvalue weighted by atomic mass is 16.5. The van der Waals surface area contributed by atoms with Gasteiger partial charge in [-0.2, -0.15) is 0 Å². The molecule has 1 atom stereocenters. The zero-order valence-electron chi connectivity index (χ0n) is 7.70. The highest BCUT2D eigenvalue weighted by molar-refractivity contribution is 5.00. The molecule has 2 nitrogen and oxygen atoms in total. The van der Waals surface area contributed by atoms with Crippen molar-refractivity contribution in [1.29, 1.82) is 0 Å². The number of methoxy groups -OCH3 is 1. The molecule has 0 radical (unpaired) electrons. The number of nitrogens with zero attached hydrogens (tertiary/aromatic N) is 1. The smallest absolute Gasteiger partial charge is 0.0879 e. The van der Waals surface area contributed by atoms with E-state index >= 15 is 0 Å². The largest absolute Gasteiger partial charge is 0.376 e. The Morgan fingerprint density at radius 1 is 1.42 bits per heavy atom. The number of ether oxygens (including phenoxy) is 1. The lowest BCUT2D eigenvalue weighted by Gasteiger charge is -2.39. The van der Waals surface area contributed by atoms with Crippen LogP contribution in [0.25, 0.3) is 0 Å². The van der Waals surface area contributed by atoms with E-state index in [1.165, 1.54) is 19.3 Å². The fraction of sp³-hybridized carbons (Fsp3) is 0.800. The van der Waals surface area contributed by atoms with Gasteiger partial charge < -0.3 is 4.74 Å². The van der Waals surface area contributed by atoms with E-state index in [0.717, 1.165) is 19.1 Å². The molecule has 1 heterocycles. The molecule has 1 fully saturated rings. The molecule has 0 aromatic carbocycles. The minimum absolute atomic E-state index is 0.333. The molecule has 0 aromatic rings. The van der Waals surface area contributed by atoms with E-state index in [1.807, 2.05) is 0 Å². The van der Waals surface area contributed by atoms with Crippen LogP contribution >= 0.6 is 0 Å². The fourth-order valence-corrected chi connectivity index (χ4v) is 1.92. The van der Waals surface area contributed by atoms with Crippen LogP contribution in [0.15, 0.2) is 12.2 Å². The summed E-state index contributed by atoms with van der Waals surface area (Å²) in [7, 11) is 1.79. The van der Waals surface area contributed by atoms with Crippen molar-refractivity contribution in [2.45, 2.75) is 31.4 Å². The van der Waals surface area contributed by atoms with E-state index in [2.05, 4.69) is 17.1 Å². The monoisotopic (exact) mass is 167 g/mol. The number of hydrogen-bond donors (Lipinski definition) is 0. The third-order valence-corrected chi connectivity index (χ3v) is 3.00. The van der Waals surface area contributed by atoms with Crippen LogP contribution in [0.5, 0.6) is 0 Å². The molecule has 0 spiro atoms. The molecule has 68 valence electrons. The summed E-state index contributed by atoms with van der Waals surface area (Å²) in [5.41, 5.74) is 0. The number of hydrogen-bond acceptors (Lipinski definition) is 2. The second-order valence-electron chi connectivity index (χ2n) is 3.74. The molecule has 2 rings (SSSR count). The van der Waals surface area contributed by atoms with Gasteiger partial charge in [0, 0.05) is 26.2 Å². The first-order valence-electron chi connectivity index (χ1n) is 4.83. The molecule has 0 saturated heterocycles. The summed E-state index contributed by atoms with van der Waals surface area (Å²) in [5, 5.41) is 0. The van der Waals surface area contributed by atoms with E-state index in [-0.39, 0.29) is 0 Å². The zero-order valence-corrected chi connectivity index (χ0v) is 7.70. The van der Waals surface area contributed by atoms with E-state index in [4.69, 9.17) is 4.74 Å². The van der Waals surface area contributed by atoms with E-state index in [1.54, 1.807) is 7.11 Å². The molecular weight excluding hydrogens is 150 g/mol. The summed E-state index contributed by atoms with van der Waals surface area (Å²) in [6.07, 6.45) is 8.95. The average molecular weight is 167 g/mol. The van der Waals surface area contributed by atoms with Crippen molar-refractivity contribution in [1.82, 2.24) is 4.90 Å². The Morgan fingerprint density at radius 2 is 2.25 bits per heavy atom. The van der Waals surface area contributed by atoms with Crippen LogP contribution in [-0.2, 0) is 4.74 Å². The minimum Gasteiger partial charge on any atom is -0.376 e. The van der Waals surface area contributed by atoms with Gasteiger partial charge in [-0.1, -0.05) is 18.6 Å². The van der Waals surface area contributed by atoms with Gasteiger partial charge in [-0.15, -0.1) is 0 Å². The summed E-state index contributed by atoms with van der Waals surface area (Å²) < 4.78 is 5.31. The molecule has 1 unspecified atom stereocenters. The van der Waals surface area contributed by atoms with Crippen molar-refractivity contribution in [3.63, 3.8) is 0 Å². The van der Waals surface area contributed by atoms with Gasteiger partial charge in [0.2, 0.25) is 0 Å². The first-order chi connectivity index (χ1) is 5.90. The lowest BCUT2D eigenvalue weighted by Crippen LogP contribution is -2.46. The van der Waals surface area contributed by atoms with Gasteiger partial charge in [0.1, 0.15) is 0 Å². The van der Waals surface area contributed by atoms with Crippen LogP contribution in [0.4, 0.5) is 0 Å². The van der Waals surface area contributed by atoms with Gasteiger partial charge in [0.25, 0.3) is 0 Å². The molecule has 1 aliphatic carbocycles. The summed E-state index contributed by atoms with van der Waals surface area (Å²) >= 11 is 0. The predicted octanol–water partition coefficient (Wildman–Crippen LogP) is 1.43. The maximum Gasteiger partial charge on any atom is 0.0879 e. The molecule has 12 heavy (non-hydrogen) atoms. The zero-order chi connectivity index (χ0) is 8.39. The Kier molecular flexibility index (Phi) is 2.47. The van der Waals surface area contributed by atoms with E-state index < -0.39 is 0 Å². The summed E-state index contributed by atoms with van der Waals surface area (Å²) in [6.45, 7) is 2.22. The first-order valence-corrected chi connectivity index (χ1v) is 4.83.